The molecule has 0 unspecified atom stereocenters. The first-order chi connectivity index (χ1) is 14.6. The number of rotatable bonds is 7. The maximum absolute atomic E-state index is 12.9. The smallest absolute Gasteiger partial charge is 0.318 e. The van der Waals surface area contributed by atoms with E-state index < -0.39 is 24.4 Å². The molecule has 7 nitrogen and oxygen atoms in total. The van der Waals surface area contributed by atoms with E-state index in [1.165, 1.54) is 11.9 Å². The molecule has 0 N–H and O–H groups in total. The summed E-state index contributed by atoms with van der Waals surface area (Å²) in [5, 5.41) is 0. The van der Waals surface area contributed by atoms with Gasteiger partial charge in [-0.1, -0.05) is 60.7 Å². The summed E-state index contributed by atoms with van der Waals surface area (Å²) in [5.41, 5.74) is 1.58. The molecule has 1 saturated heterocycles. The molecule has 1 heterocycles. The van der Waals surface area contributed by atoms with Crippen molar-refractivity contribution in [3.63, 3.8) is 0 Å². The summed E-state index contributed by atoms with van der Waals surface area (Å²) >= 11 is 0. The zero-order valence-electron chi connectivity index (χ0n) is 17.0. The average Bonchev–Trinajstić information content (AvgIpc) is 2.79. The third-order valence-electron chi connectivity index (χ3n) is 5.00. The highest BCUT2D eigenvalue weighted by atomic mass is 16.5. The molecular formula is C23H26N2O5. The van der Waals surface area contributed by atoms with Crippen molar-refractivity contribution >= 4 is 17.8 Å². The predicted molar refractivity (Wildman–Crippen MR) is 111 cm³/mol. The summed E-state index contributed by atoms with van der Waals surface area (Å²) in [6.07, 6.45) is 0. The average molecular weight is 410 g/mol. The Bertz CT molecular complexity index is 811. The van der Waals surface area contributed by atoms with E-state index in [-0.39, 0.29) is 12.5 Å². The predicted octanol–water partition coefficient (Wildman–Crippen LogP) is 1.68. The SMILES string of the molecule is CN(CC(=O)N1CCOCC1)C(=O)COC(=O)C(c1ccccc1)c1ccccc1. The van der Waals surface area contributed by atoms with Crippen molar-refractivity contribution in [2.45, 2.75) is 5.92 Å². The minimum Gasteiger partial charge on any atom is -0.455 e. The highest BCUT2D eigenvalue weighted by molar-refractivity contribution is 5.88. The number of likely N-dealkylation sites (N-methyl/N-ethyl adjacent to an activating group) is 1. The standard InChI is InChI=1S/C23H26N2O5/c1-24(16-20(26)25-12-14-29-15-13-25)21(27)17-30-23(28)22(18-8-4-2-5-9-18)19-10-6-3-7-11-19/h2-11,22H,12-17H2,1H3. The van der Waals surface area contributed by atoms with Crippen LogP contribution in [0.15, 0.2) is 60.7 Å². The van der Waals surface area contributed by atoms with E-state index in [1.807, 2.05) is 60.7 Å². The van der Waals surface area contributed by atoms with Crippen molar-refractivity contribution in [2.75, 3.05) is 46.5 Å². The van der Waals surface area contributed by atoms with Crippen LogP contribution >= 0.6 is 0 Å². The monoisotopic (exact) mass is 410 g/mol. The van der Waals surface area contributed by atoms with Gasteiger partial charge in [0.2, 0.25) is 5.91 Å². The minimum atomic E-state index is -0.625. The topological polar surface area (TPSA) is 76.2 Å². The summed E-state index contributed by atoms with van der Waals surface area (Å²) in [7, 11) is 1.53. The molecule has 2 aromatic carbocycles. The fourth-order valence-electron chi connectivity index (χ4n) is 3.29. The van der Waals surface area contributed by atoms with Crippen LogP contribution in [0.3, 0.4) is 0 Å². The molecule has 0 aromatic heterocycles. The van der Waals surface area contributed by atoms with Gasteiger partial charge >= 0.3 is 5.97 Å². The van der Waals surface area contributed by atoms with Gasteiger partial charge in [-0.15, -0.1) is 0 Å². The van der Waals surface area contributed by atoms with Gasteiger partial charge in [-0.25, -0.2) is 0 Å². The summed E-state index contributed by atoms with van der Waals surface area (Å²) in [4.78, 5) is 40.5. The van der Waals surface area contributed by atoms with Crippen LogP contribution < -0.4 is 0 Å². The van der Waals surface area contributed by atoms with E-state index in [1.54, 1.807) is 4.90 Å². The van der Waals surface area contributed by atoms with Gasteiger partial charge in [-0.05, 0) is 11.1 Å². The van der Waals surface area contributed by atoms with Crippen LogP contribution in [0, 0.1) is 0 Å². The Balaban J connectivity index is 1.59. The fraction of sp³-hybridized carbons (Fsp3) is 0.348. The van der Waals surface area contributed by atoms with Crippen LogP contribution in [0.5, 0.6) is 0 Å². The zero-order chi connectivity index (χ0) is 21.3. The van der Waals surface area contributed by atoms with E-state index in [2.05, 4.69) is 0 Å². The summed E-state index contributed by atoms with van der Waals surface area (Å²) in [6, 6.07) is 18.6. The molecule has 30 heavy (non-hydrogen) atoms. The number of carbonyl (C=O) groups is 3. The van der Waals surface area contributed by atoms with Gasteiger partial charge in [0.15, 0.2) is 6.61 Å². The molecular weight excluding hydrogens is 384 g/mol. The molecule has 0 atom stereocenters. The number of hydrogen-bond donors (Lipinski definition) is 0. The van der Waals surface area contributed by atoms with E-state index in [0.29, 0.717) is 26.3 Å². The van der Waals surface area contributed by atoms with Crippen LogP contribution in [0.2, 0.25) is 0 Å². The van der Waals surface area contributed by atoms with Crippen molar-refractivity contribution < 1.29 is 23.9 Å². The van der Waals surface area contributed by atoms with E-state index in [9.17, 15) is 14.4 Å². The van der Waals surface area contributed by atoms with Crippen LogP contribution in [0.25, 0.3) is 0 Å². The molecule has 2 amide bonds. The second-order valence-electron chi connectivity index (χ2n) is 7.11. The lowest BCUT2D eigenvalue weighted by Crippen LogP contribution is -2.46. The molecule has 0 bridgehead atoms. The molecule has 158 valence electrons. The van der Waals surface area contributed by atoms with Gasteiger partial charge in [-0.3, -0.25) is 14.4 Å². The Morgan fingerprint density at radius 3 is 2.03 bits per heavy atom. The van der Waals surface area contributed by atoms with Crippen LogP contribution in [0.1, 0.15) is 17.0 Å². The summed E-state index contributed by atoms with van der Waals surface area (Å²) < 4.78 is 10.6. The molecule has 2 aromatic rings. The number of ether oxygens (including phenoxy) is 2. The summed E-state index contributed by atoms with van der Waals surface area (Å²) in [5.74, 6) is -1.70. The number of hydrogen-bond acceptors (Lipinski definition) is 5. The first kappa shape index (κ1) is 21.5. The number of benzene rings is 2. The number of carbonyl (C=O) groups excluding carboxylic acids is 3. The Morgan fingerprint density at radius 1 is 0.967 bits per heavy atom. The first-order valence-corrected chi connectivity index (χ1v) is 9.92. The van der Waals surface area contributed by atoms with Gasteiger partial charge < -0.3 is 19.3 Å². The first-order valence-electron chi connectivity index (χ1n) is 9.92. The van der Waals surface area contributed by atoms with Gasteiger partial charge in [0.25, 0.3) is 5.91 Å². The summed E-state index contributed by atoms with van der Waals surface area (Å²) in [6.45, 7) is 1.57. The molecule has 0 saturated carbocycles. The van der Waals surface area contributed by atoms with E-state index in [0.717, 1.165) is 11.1 Å². The Kier molecular flexibility index (Phi) is 7.57. The maximum Gasteiger partial charge on any atom is 0.318 e. The number of nitrogens with zero attached hydrogens (tertiary/aromatic N) is 2. The third kappa shape index (κ3) is 5.67. The number of morpholine rings is 1. The molecule has 0 spiro atoms. The third-order valence-corrected chi connectivity index (χ3v) is 5.00. The van der Waals surface area contributed by atoms with Crippen LogP contribution in [-0.4, -0.2) is 74.1 Å². The highest BCUT2D eigenvalue weighted by Crippen LogP contribution is 2.25. The van der Waals surface area contributed by atoms with Crippen molar-refractivity contribution in [3.05, 3.63) is 71.8 Å². The Labute approximate surface area is 176 Å². The van der Waals surface area contributed by atoms with Crippen molar-refractivity contribution in [1.82, 2.24) is 9.80 Å². The largest absolute Gasteiger partial charge is 0.455 e. The molecule has 1 fully saturated rings. The highest BCUT2D eigenvalue weighted by Gasteiger charge is 2.26. The van der Waals surface area contributed by atoms with Gasteiger partial charge in [0, 0.05) is 20.1 Å². The number of esters is 1. The van der Waals surface area contributed by atoms with E-state index >= 15 is 0 Å². The maximum atomic E-state index is 12.9. The van der Waals surface area contributed by atoms with Crippen LogP contribution in [0.4, 0.5) is 0 Å². The molecule has 7 heteroatoms. The van der Waals surface area contributed by atoms with E-state index in [4.69, 9.17) is 9.47 Å². The van der Waals surface area contributed by atoms with Crippen LogP contribution in [-0.2, 0) is 23.9 Å². The normalized spacial score (nSPS) is 13.7. The molecule has 0 radical (unpaired) electrons. The minimum absolute atomic E-state index is 0.0584. The fourth-order valence-corrected chi connectivity index (χ4v) is 3.29. The van der Waals surface area contributed by atoms with Gasteiger partial charge in [0.05, 0.1) is 19.8 Å². The van der Waals surface area contributed by atoms with Crippen molar-refractivity contribution in [2.24, 2.45) is 0 Å². The molecule has 1 aliphatic rings. The zero-order valence-corrected chi connectivity index (χ0v) is 17.0. The lowest BCUT2D eigenvalue weighted by atomic mass is 9.91. The van der Waals surface area contributed by atoms with Crippen molar-refractivity contribution in [3.8, 4) is 0 Å². The quantitative estimate of drug-likeness (QED) is 0.649. The lowest BCUT2D eigenvalue weighted by molar-refractivity contribution is -0.153. The van der Waals surface area contributed by atoms with Crippen molar-refractivity contribution in [1.29, 1.82) is 0 Å². The lowest BCUT2D eigenvalue weighted by Gasteiger charge is -2.28. The number of amides is 2. The molecule has 0 aliphatic carbocycles. The second-order valence-corrected chi connectivity index (χ2v) is 7.11. The Morgan fingerprint density at radius 2 is 1.50 bits per heavy atom. The van der Waals surface area contributed by atoms with Gasteiger partial charge in [-0.2, -0.15) is 0 Å². The Hall–Kier alpha value is -3.19. The van der Waals surface area contributed by atoms with Gasteiger partial charge in [0.1, 0.15) is 5.92 Å². The molecule has 3 rings (SSSR count). The molecule has 1 aliphatic heterocycles. The second kappa shape index (κ2) is 10.5.